The fourth-order valence-electron chi connectivity index (χ4n) is 1.16. The van der Waals surface area contributed by atoms with E-state index in [1.807, 2.05) is 0 Å². The molecule has 1 nitrogen and oxygen atoms in total. The molecular weight excluding hydrogens is 191 g/mol. The number of hydrogen-bond acceptors (Lipinski definition) is 1. The third-order valence-corrected chi connectivity index (χ3v) is 1.97. The summed E-state index contributed by atoms with van der Waals surface area (Å²) < 4.78 is 38.9. The number of benzene rings is 1. The lowest BCUT2D eigenvalue weighted by atomic mass is 9.92. The molecule has 1 rings (SSSR count). The molecule has 0 heterocycles. The summed E-state index contributed by atoms with van der Waals surface area (Å²) >= 11 is 0. The molecular formula is C10H10F3N. The molecule has 0 bridgehead atoms. The van der Waals surface area contributed by atoms with Gasteiger partial charge in [0.25, 0.3) is 0 Å². The topological polar surface area (TPSA) is 26.0 Å². The first kappa shape index (κ1) is 10.8. The number of nitrogens with two attached hydrogens (primary N) is 1. The number of hydrogen-bond donors (Lipinski definition) is 1. The van der Waals surface area contributed by atoms with Gasteiger partial charge in [-0.25, -0.2) is 13.2 Å². The van der Waals surface area contributed by atoms with E-state index in [-0.39, 0.29) is 5.56 Å². The third-order valence-electron chi connectivity index (χ3n) is 1.97. The van der Waals surface area contributed by atoms with Crippen molar-refractivity contribution < 1.29 is 13.2 Å². The maximum Gasteiger partial charge on any atom is 0.134 e. The normalized spacial score (nSPS) is 14.9. The molecule has 2 N–H and O–H groups in total. The highest BCUT2D eigenvalue weighted by Crippen LogP contribution is 2.25. The van der Waals surface area contributed by atoms with E-state index in [2.05, 4.69) is 6.58 Å². The van der Waals surface area contributed by atoms with Gasteiger partial charge in [0, 0.05) is 17.7 Å². The first-order valence-corrected chi connectivity index (χ1v) is 3.96. The van der Waals surface area contributed by atoms with Crippen LogP contribution in [-0.2, 0) is 5.54 Å². The first-order chi connectivity index (χ1) is 6.38. The van der Waals surface area contributed by atoms with E-state index in [9.17, 15) is 13.2 Å². The van der Waals surface area contributed by atoms with Crippen LogP contribution in [0.3, 0.4) is 0 Å². The molecule has 14 heavy (non-hydrogen) atoms. The summed E-state index contributed by atoms with van der Waals surface area (Å²) in [6.45, 7) is 4.75. The Hall–Kier alpha value is -1.29. The summed E-state index contributed by atoms with van der Waals surface area (Å²) in [4.78, 5) is 0. The highest BCUT2D eigenvalue weighted by Gasteiger charge is 2.25. The molecule has 76 valence electrons. The Morgan fingerprint density at radius 2 is 1.71 bits per heavy atom. The smallest absolute Gasteiger partial charge is 0.134 e. The van der Waals surface area contributed by atoms with Crippen molar-refractivity contribution in [1.82, 2.24) is 0 Å². The van der Waals surface area contributed by atoms with Crippen LogP contribution in [0.25, 0.3) is 0 Å². The second-order valence-electron chi connectivity index (χ2n) is 3.23. The van der Waals surface area contributed by atoms with Gasteiger partial charge in [0.15, 0.2) is 0 Å². The van der Waals surface area contributed by atoms with Crippen LogP contribution in [0.5, 0.6) is 0 Å². The summed E-state index contributed by atoms with van der Waals surface area (Å²) in [6.07, 6.45) is 1.20. The molecule has 1 aromatic carbocycles. The third kappa shape index (κ3) is 1.80. The molecule has 0 amide bonds. The van der Waals surface area contributed by atoms with Crippen LogP contribution in [0.2, 0.25) is 0 Å². The van der Waals surface area contributed by atoms with Crippen molar-refractivity contribution in [3.05, 3.63) is 47.8 Å². The van der Waals surface area contributed by atoms with Crippen LogP contribution in [-0.4, -0.2) is 0 Å². The molecule has 0 saturated carbocycles. The monoisotopic (exact) mass is 201 g/mol. The summed E-state index contributed by atoms with van der Waals surface area (Å²) in [5.74, 6) is -2.98. The van der Waals surface area contributed by atoms with Crippen molar-refractivity contribution in [3.8, 4) is 0 Å². The maximum atomic E-state index is 13.2. The van der Waals surface area contributed by atoms with E-state index in [0.29, 0.717) is 12.1 Å². The summed E-state index contributed by atoms with van der Waals surface area (Å²) in [6, 6.07) is 1.18. The summed E-state index contributed by atoms with van der Waals surface area (Å²) in [5.41, 5.74) is 3.84. The molecule has 0 radical (unpaired) electrons. The van der Waals surface area contributed by atoms with Crippen molar-refractivity contribution in [2.75, 3.05) is 0 Å². The standard InChI is InChI=1S/C10H10F3N/c1-3-10(2,14)9-7(12)4-6(11)5-8(9)13/h3-5H,1,14H2,2H3. The van der Waals surface area contributed by atoms with Gasteiger partial charge >= 0.3 is 0 Å². The largest absolute Gasteiger partial charge is 0.318 e. The van der Waals surface area contributed by atoms with E-state index in [1.54, 1.807) is 0 Å². The van der Waals surface area contributed by atoms with Crippen molar-refractivity contribution >= 4 is 0 Å². The summed E-state index contributed by atoms with van der Waals surface area (Å²) in [7, 11) is 0. The van der Waals surface area contributed by atoms with Crippen LogP contribution in [0.1, 0.15) is 12.5 Å². The minimum atomic E-state index is -1.35. The zero-order valence-electron chi connectivity index (χ0n) is 7.65. The van der Waals surface area contributed by atoms with Gasteiger partial charge in [-0.2, -0.15) is 0 Å². The van der Waals surface area contributed by atoms with Crippen molar-refractivity contribution in [2.45, 2.75) is 12.5 Å². The second kappa shape index (κ2) is 3.46. The Kier molecular flexibility index (Phi) is 2.66. The van der Waals surface area contributed by atoms with E-state index in [4.69, 9.17) is 5.73 Å². The molecule has 0 aliphatic carbocycles. The van der Waals surface area contributed by atoms with Gasteiger partial charge in [-0.15, -0.1) is 6.58 Å². The van der Waals surface area contributed by atoms with Gasteiger partial charge in [-0.05, 0) is 6.92 Å². The molecule has 4 heteroatoms. The minimum Gasteiger partial charge on any atom is -0.318 e. The van der Waals surface area contributed by atoms with Gasteiger partial charge in [0.1, 0.15) is 17.5 Å². The Bertz CT molecular complexity index is 349. The van der Waals surface area contributed by atoms with Crippen molar-refractivity contribution in [2.24, 2.45) is 5.73 Å². The van der Waals surface area contributed by atoms with Gasteiger partial charge in [0.05, 0.1) is 5.54 Å². The van der Waals surface area contributed by atoms with E-state index in [0.717, 1.165) is 0 Å². The molecule has 0 fully saturated rings. The van der Waals surface area contributed by atoms with Gasteiger partial charge in [-0.3, -0.25) is 0 Å². The Morgan fingerprint density at radius 1 is 1.29 bits per heavy atom. The fourth-order valence-corrected chi connectivity index (χ4v) is 1.16. The fraction of sp³-hybridized carbons (Fsp3) is 0.200. The lowest BCUT2D eigenvalue weighted by molar-refractivity contribution is 0.476. The Labute approximate surface area is 80.0 Å². The predicted octanol–water partition coefficient (Wildman–Crippen LogP) is 2.46. The number of halogens is 3. The average molecular weight is 201 g/mol. The quantitative estimate of drug-likeness (QED) is 0.731. The molecule has 1 unspecified atom stereocenters. The molecule has 0 spiro atoms. The molecule has 0 aliphatic heterocycles. The van der Waals surface area contributed by atoms with E-state index >= 15 is 0 Å². The van der Waals surface area contributed by atoms with Crippen LogP contribution < -0.4 is 5.73 Å². The molecule has 0 saturated heterocycles. The van der Waals surface area contributed by atoms with Crippen LogP contribution in [0, 0.1) is 17.5 Å². The summed E-state index contributed by atoms with van der Waals surface area (Å²) in [5, 5.41) is 0. The maximum absolute atomic E-state index is 13.2. The Morgan fingerprint density at radius 3 is 2.07 bits per heavy atom. The van der Waals surface area contributed by atoms with E-state index < -0.39 is 23.0 Å². The highest BCUT2D eigenvalue weighted by molar-refractivity contribution is 5.31. The van der Waals surface area contributed by atoms with Gasteiger partial charge < -0.3 is 5.73 Å². The van der Waals surface area contributed by atoms with Crippen molar-refractivity contribution in [3.63, 3.8) is 0 Å². The number of rotatable bonds is 2. The molecule has 1 atom stereocenters. The van der Waals surface area contributed by atoms with Crippen LogP contribution in [0.4, 0.5) is 13.2 Å². The van der Waals surface area contributed by atoms with E-state index in [1.165, 1.54) is 13.0 Å². The van der Waals surface area contributed by atoms with Gasteiger partial charge in [-0.1, -0.05) is 6.08 Å². The van der Waals surface area contributed by atoms with Crippen LogP contribution in [0.15, 0.2) is 24.8 Å². The zero-order chi connectivity index (χ0) is 10.9. The molecule has 0 aliphatic rings. The second-order valence-corrected chi connectivity index (χ2v) is 3.23. The predicted molar refractivity (Wildman–Crippen MR) is 48.1 cm³/mol. The minimum absolute atomic E-state index is 0.381. The van der Waals surface area contributed by atoms with Crippen molar-refractivity contribution in [1.29, 1.82) is 0 Å². The highest BCUT2D eigenvalue weighted by atomic mass is 19.1. The average Bonchev–Trinajstić information content (AvgIpc) is 2.01. The molecule has 1 aromatic rings. The SMILES string of the molecule is C=CC(C)(N)c1c(F)cc(F)cc1F. The zero-order valence-corrected chi connectivity index (χ0v) is 7.65. The van der Waals surface area contributed by atoms with Crippen LogP contribution >= 0.6 is 0 Å². The lowest BCUT2D eigenvalue weighted by Gasteiger charge is -2.21. The molecule has 0 aromatic heterocycles. The first-order valence-electron chi connectivity index (χ1n) is 3.96. The lowest BCUT2D eigenvalue weighted by Crippen LogP contribution is -2.32. The van der Waals surface area contributed by atoms with Gasteiger partial charge in [0.2, 0.25) is 0 Å². The Balaban J connectivity index is 3.42.